The van der Waals surface area contributed by atoms with Gasteiger partial charge in [0.05, 0.1) is 19.1 Å². The van der Waals surface area contributed by atoms with Gasteiger partial charge in [-0.05, 0) is 51.9 Å². The highest BCUT2D eigenvalue weighted by Gasteiger charge is 2.19. The Labute approximate surface area is 160 Å². The molecule has 2 N–H and O–H groups in total. The molecule has 140 valence electrons. The van der Waals surface area contributed by atoms with E-state index in [1.807, 2.05) is 34.6 Å². The highest BCUT2D eigenvalue weighted by molar-refractivity contribution is 6.35. The number of carbonyl (C=O) groups is 2. The standard InChI is InChI=1S/C18H27Cl2N3O2/c1-6-23(11-17(25)22-18(3,4)5)10-16(24)21-12(2)14-8-7-13(19)9-15(14)20/h7-9,12H,6,10-11H2,1-5H3,(H,21,24)(H,22,25). The second kappa shape index (κ2) is 9.41. The van der Waals surface area contributed by atoms with Crippen LogP contribution in [-0.2, 0) is 9.59 Å². The topological polar surface area (TPSA) is 61.4 Å². The summed E-state index contributed by atoms with van der Waals surface area (Å²) in [5.41, 5.74) is 0.506. The molecule has 0 aliphatic carbocycles. The Morgan fingerprint density at radius 2 is 1.76 bits per heavy atom. The molecule has 0 fully saturated rings. The predicted octanol–water partition coefficient (Wildman–Crippen LogP) is 3.41. The van der Waals surface area contributed by atoms with E-state index in [4.69, 9.17) is 23.2 Å². The van der Waals surface area contributed by atoms with Gasteiger partial charge in [0.25, 0.3) is 0 Å². The van der Waals surface area contributed by atoms with Crippen LogP contribution in [0.3, 0.4) is 0 Å². The summed E-state index contributed by atoms with van der Waals surface area (Å²) in [6.07, 6.45) is 0. The summed E-state index contributed by atoms with van der Waals surface area (Å²) >= 11 is 12.1. The van der Waals surface area contributed by atoms with Crippen molar-refractivity contribution in [2.45, 2.75) is 46.2 Å². The average Bonchev–Trinajstić information content (AvgIpc) is 2.43. The largest absolute Gasteiger partial charge is 0.350 e. The van der Waals surface area contributed by atoms with Crippen molar-refractivity contribution in [1.82, 2.24) is 15.5 Å². The Morgan fingerprint density at radius 1 is 1.16 bits per heavy atom. The van der Waals surface area contributed by atoms with Gasteiger partial charge in [-0.25, -0.2) is 0 Å². The minimum Gasteiger partial charge on any atom is -0.350 e. The van der Waals surface area contributed by atoms with Gasteiger partial charge < -0.3 is 10.6 Å². The Hall–Kier alpha value is -1.30. The van der Waals surface area contributed by atoms with Crippen LogP contribution in [0, 0.1) is 0 Å². The third kappa shape index (κ3) is 8.08. The van der Waals surface area contributed by atoms with E-state index in [0.717, 1.165) is 5.56 Å². The van der Waals surface area contributed by atoms with E-state index in [1.165, 1.54) is 0 Å². The Morgan fingerprint density at radius 3 is 2.28 bits per heavy atom. The summed E-state index contributed by atoms with van der Waals surface area (Å²) < 4.78 is 0. The zero-order chi connectivity index (χ0) is 19.2. The van der Waals surface area contributed by atoms with E-state index in [9.17, 15) is 9.59 Å². The van der Waals surface area contributed by atoms with Crippen LogP contribution in [0.5, 0.6) is 0 Å². The Balaban J connectivity index is 2.59. The van der Waals surface area contributed by atoms with Crippen molar-refractivity contribution < 1.29 is 9.59 Å². The molecule has 0 saturated heterocycles. The number of halogens is 2. The number of carbonyl (C=O) groups excluding carboxylic acids is 2. The normalized spacial score (nSPS) is 12.8. The van der Waals surface area contributed by atoms with E-state index in [1.54, 1.807) is 23.1 Å². The van der Waals surface area contributed by atoms with Crippen molar-refractivity contribution in [3.63, 3.8) is 0 Å². The minimum absolute atomic E-state index is 0.101. The van der Waals surface area contributed by atoms with Gasteiger partial charge in [-0.1, -0.05) is 36.2 Å². The first-order valence-electron chi connectivity index (χ1n) is 8.29. The lowest BCUT2D eigenvalue weighted by molar-refractivity contribution is -0.126. The minimum atomic E-state index is -0.293. The molecule has 2 amide bonds. The second-order valence-corrected chi connectivity index (χ2v) is 7.90. The monoisotopic (exact) mass is 387 g/mol. The molecular formula is C18H27Cl2N3O2. The molecule has 0 aromatic heterocycles. The van der Waals surface area contributed by atoms with E-state index >= 15 is 0 Å². The molecule has 0 saturated carbocycles. The number of nitrogens with one attached hydrogen (secondary N) is 2. The fourth-order valence-electron chi connectivity index (χ4n) is 2.36. The number of hydrogen-bond donors (Lipinski definition) is 2. The van der Waals surface area contributed by atoms with Crippen LogP contribution in [0.25, 0.3) is 0 Å². The summed E-state index contributed by atoms with van der Waals surface area (Å²) in [5, 5.41) is 6.86. The molecule has 0 spiro atoms. The highest BCUT2D eigenvalue weighted by Crippen LogP contribution is 2.25. The number of rotatable bonds is 7. The fourth-order valence-corrected chi connectivity index (χ4v) is 2.93. The van der Waals surface area contributed by atoms with Crippen molar-refractivity contribution in [2.75, 3.05) is 19.6 Å². The number of amides is 2. The van der Waals surface area contributed by atoms with Gasteiger partial charge in [0.15, 0.2) is 0 Å². The molecule has 0 heterocycles. The molecule has 7 heteroatoms. The zero-order valence-electron chi connectivity index (χ0n) is 15.5. The van der Waals surface area contributed by atoms with Crippen LogP contribution >= 0.6 is 23.2 Å². The molecular weight excluding hydrogens is 361 g/mol. The maximum Gasteiger partial charge on any atom is 0.234 e. The lowest BCUT2D eigenvalue weighted by Crippen LogP contribution is -2.48. The smallest absolute Gasteiger partial charge is 0.234 e. The molecule has 0 bridgehead atoms. The quantitative estimate of drug-likeness (QED) is 0.753. The summed E-state index contributed by atoms with van der Waals surface area (Å²) in [5.74, 6) is -0.264. The van der Waals surface area contributed by atoms with Gasteiger partial charge in [0, 0.05) is 15.6 Å². The molecule has 0 aliphatic heterocycles. The molecule has 1 rings (SSSR count). The van der Waals surface area contributed by atoms with Crippen molar-refractivity contribution in [1.29, 1.82) is 0 Å². The first kappa shape index (κ1) is 21.7. The third-order valence-electron chi connectivity index (χ3n) is 3.50. The lowest BCUT2D eigenvalue weighted by Gasteiger charge is -2.25. The SMILES string of the molecule is CCN(CC(=O)NC(C)c1ccc(Cl)cc1Cl)CC(=O)NC(C)(C)C. The van der Waals surface area contributed by atoms with Crippen LogP contribution < -0.4 is 10.6 Å². The van der Waals surface area contributed by atoms with Crippen LogP contribution in [0.4, 0.5) is 0 Å². The predicted molar refractivity (Wildman–Crippen MR) is 103 cm³/mol. The van der Waals surface area contributed by atoms with Crippen LogP contribution in [0.1, 0.15) is 46.2 Å². The first-order valence-corrected chi connectivity index (χ1v) is 9.05. The van der Waals surface area contributed by atoms with Gasteiger partial charge >= 0.3 is 0 Å². The molecule has 1 aromatic rings. The molecule has 25 heavy (non-hydrogen) atoms. The molecule has 5 nitrogen and oxygen atoms in total. The second-order valence-electron chi connectivity index (χ2n) is 7.06. The van der Waals surface area contributed by atoms with E-state index in [0.29, 0.717) is 16.6 Å². The molecule has 1 atom stereocenters. The maximum atomic E-state index is 12.3. The van der Waals surface area contributed by atoms with Crippen molar-refractivity contribution in [3.8, 4) is 0 Å². The molecule has 0 aliphatic rings. The molecule has 1 aromatic carbocycles. The van der Waals surface area contributed by atoms with Gasteiger partial charge in [0.1, 0.15) is 0 Å². The van der Waals surface area contributed by atoms with Crippen LogP contribution in [0.2, 0.25) is 10.0 Å². The van der Waals surface area contributed by atoms with Crippen molar-refractivity contribution >= 4 is 35.0 Å². The average molecular weight is 388 g/mol. The zero-order valence-corrected chi connectivity index (χ0v) is 17.0. The maximum absolute atomic E-state index is 12.3. The molecule has 0 radical (unpaired) electrons. The summed E-state index contributed by atoms with van der Waals surface area (Å²) in [7, 11) is 0. The number of nitrogens with zero attached hydrogens (tertiary/aromatic N) is 1. The van der Waals surface area contributed by atoms with Crippen molar-refractivity contribution in [2.24, 2.45) is 0 Å². The number of hydrogen-bond acceptors (Lipinski definition) is 3. The summed E-state index contributed by atoms with van der Waals surface area (Å²) in [4.78, 5) is 26.1. The van der Waals surface area contributed by atoms with Crippen LogP contribution in [-0.4, -0.2) is 41.9 Å². The van der Waals surface area contributed by atoms with E-state index < -0.39 is 0 Å². The Bertz CT molecular complexity index is 615. The van der Waals surface area contributed by atoms with E-state index in [-0.39, 0.29) is 36.5 Å². The number of likely N-dealkylation sites (N-methyl/N-ethyl adjacent to an activating group) is 1. The van der Waals surface area contributed by atoms with Crippen LogP contribution in [0.15, 0.2) is 18.2 Å². The van der Waals surface area contributed by atoms with Crippen molar-refractivity contribution in [3.05, 3.63) is 33.8 Å². The summed E-state index contributed by atoms with van der Waals surface area (Å²) in [6.45, 7) is 10.5. The van der Waals surface area contributed by atoms with Gasteiger partial charge in [-0.2, -0.15) is 0 Å². The first-order chi connectivity index (χ1) is 11.5. The number of benzene rings is 1. The lowest BCUT2D eigenvalue weighted by atomic mass is 10.1. The highest BCUT2D eigenvalue weighted by atomic mass is 35.5. The molecule has 1 unspecified atom stereocenters. The summed E-state index contributed by atoms with van der Waals surface area (Å²) in [6, 6.07) is 4.93. The van der Waals surface area contributed by atoms with E-state index in [2.05, 4.69) is 10.6 Å². The van der Waals surface area contributed by atoms with Gasteiger partial charge in [-0.15, -0.1) is 0 Å². The fraction of sp³-hybridized carbons (Fsp3) is 0.556. The van der Waals surface area contributed by atoms with Gasteiger partial charge in [-0.3, -0.25) is 14.5 Å². The Kier molecular flexibility index (Phi) is 8.19. The van der Waals surface area contributed by atoms with Gasteiger partial charge in [0.2, 0.25) is 11.8 Å². The third-order valence-corrected chi connectivity index (χ3v) is 4.06.